The van der Waals surface area contributed by atoms with E-state index in [0.717, 1.165) is 25.9 Å². The Hall–Kier alpha value is -1.67. The smallest absolute Gasteiger partial charge is 0.227 e. The van der Waals surface area contributed by atoms with Gasteiger partial charge in [0.1, 0.15) is 5.82 Å². The number of piperidine rings is 1. The van der Waals surface area contributed by atoms with Crippen LogP contribution in [0.5, 0.6) is 0 Å². The van der Waals surface area contributed by atoms with E-state index in [4.69, 9.17) is 5.14 Å². The van der Waals surface area contributed by atoms with Crippen molar-refractivity contribution in [2.45, 2.75) is 25.7 Å². The van der Waals surface area contributed by atoms with E-state index < -0.39 is 10.0 Å². The number of hydrogen-bond acceptors (Lipinski definition) is 4. The Morgan fingerprint density at radius 1 is 1.21 bits per heavy atom. The van der Waals surface area contributed by atoms with Crippen LogP contribution < -0.4 is 14.9 Å². The highest BCUT2D eigenvalue weighted by Gasteiger charge is 2.33. The number of nitrogens with zero attached hydrogens (tertiary/aromatic N) is 2. The topological polar surface area (TPSA) is 83.7 Å². The minimum atomic E-state index is -3.63. The number of carbonyl (C=O) groups excluding carboxylic acids is 1. The molecule has 6 nitrogen and oxygen atoms in total. The standard InChI is InChI=1S/C16H22FN3O3S/c17-14-9-13(4-5-15(14)19-6-2-1-3-7-19)20-10-12(8-16(20)21)11-24(18,22)23/h4-5,9,12H,1-3,6-8,10-11H2,(H2,18,22,23). The summed E-state index contributed by atoms with van der Waals surface area (Å²) in [7, 11) is -3.63. The van der Waals surface area contributed by atoms with Crippen LogP contribution in [0.25, 0.3) is 0 Å². The molecule has 2 heterocycles. The third-order valence-corrected chi connectivity index (χ3v) is 5.55. The Labute approximate surface area is 141 Å². The summed E-state index contributed by atoms with van der Waals surface area (Å²) in [5.41, 5.74) is 1.03. The van der Waals surface area contributed by atoms with E-state index in [1.165, 1.54) is 17.4 Å². The Kier molecular flexibility index (Phi) is 4.78. The molecule has 1 atom stereocenters. The Morgan fingerprint density at radius 2 is 1.92 bits per heavy atom. The molecule has 3 rings (SSSR count). The maximum atomic E-state index is 14.5. The highest BCUT2D eigenvalue weighted by Crippen LogP contribution is 2.30. The third kappa shape index (κ3) is 3.87. The molecule has 0 saturated carbocycles. The van der Waals surface area contributed by atoms with Crippen LogP contribution in [-0.2, 0) is 14.8 Å². The molecule has 2 saturated heterocycles. The monoisotopic (exact) mass is 355 g/mol. The third-order valence-electron chi connectivity index (χ3n) is 4.61. The largest absolute Gasteiger partial charge is 0.369 e. The van der Waals surface area contributed by atoms with Gasteiger partial charge in [-0.2, -0.15) is 0 Å². The van der Waals surface area contributed by atoms with Crippen molar-refractivity contribution in [2.24, 2.45) is 11.1 Å². The Bertz CT molecular complexity index is 732. The lowest BCUT2D eigenvalue weighted by Gasteiger charge is -2.29. The number of hydrogen-bond donors (Lipinski definition) is 1. The van der Waals surface area contributed by atoms with Gasteiger partial charge in [0.2, 0.25) is 15.9 Å². The predicted molar refractivity (Wildman–Crippen MR) is 90.9 cm³/mol. The van der Waals surface area contributed by atoms with Gasteiger partial charge in [-0.1, -0.05) is 0 Å². The molecule has 24 heavy (non-hydrogen) atoms. The fourth-order valence-electron chi connectivity index (χ4n) is 3.53. The molecular formula is C16H22FN3O3S. The second-order valence-electron chi connectivity index (χ2n) is 6.59. The SMILES string of the molecule is NS(=O)(=O)CC1CC(=O)N(c2ccc(N3CCCCC3)c(F)c2)C1. The minimum Gasteiger partial charge on any atom is -0.369 e. The number of carbonyl (C=O) groups is 1. The molecule has 2 aliphatic rings. The van der Waals surface area contributed by atoms with Gasteiger partial charge in [-0.25, -0.2) is 17.9 Å². The van der Waals surface area contributed by atoms with Crippen LogP contribution in [0.1, 0.15) is 25.7 Å². The Morgan fingerprint density at radius 3 is 2.54 bits per heavy atom. The molecular weight excluding hydrogens is 333 g/mol. The van der Waals surface area contributed by atoms with Crippen LogP contribution >= 0.6 is 0 Å². The van der Waals surface area contributed by atoms with Crippen molar-refractivity contribution in [1.29, 1.82) is 0 Å². The molecule has 0 aromatic heterocycles. The average molecular weight is 355 g/mol. The Balaban J connectivity index is 1.75. The normalized spacial score (nSPS) is 22.2. The highest BCUT2D eigenvalue weighted by atomic mass is 32.2. The van der Waals surface area contributed by atoms with Crippen molar-refractivity contribution in [3.05, 3.63) is 24.0 Å². The molecule has 2 N–H and O–H groups in total. The maximum absolute atomic E-state index is 14.5. The van der Waals surface area contributed by atoms with Gasteiger partial charge in [0.15, 0.2) is 0 Å². The number of primary sulfonamides is 1. The van der Waals surface area contributed by atoms with Gasteiger partial charge in [0.25, 0.3) is 0 Å². The van der Waals surface area contributed by atoms with Crippen LogP contribution in [0.3, 0.4) is 0 Å². The van der Waals surface area contributed by atoms with E-state index >= 15 is 0 Å². The summed E-state index contributed by atoms with van der Waals surface area (Å²) < 4.78 is 36.9. The molecule has 1 aromatic carbocycles. The van der Waals surface area contributed by atoms with Crippen molar-refractivity contribution in [3.63, 3.8) is 0 Å². The first-order chi connectivity index (χ1) is 11.3. The van der Waals surface area contributed by atoms with Gasteiger partial charge in [0.05, 0.1) is 11.4 Å². The summed E-state index contributed by atoms with van der Waals surface area (Å²) in [5, 5.41) is 5.05. The molecule has 0 bridgehead atoms. The van der Waals surface area contributed by atoms with Crippen LogP contribution in [0.2, 0.25) is 0 Å². The second kappa shape index (κ2) is 6.68. The fourth-order valence-corrected chi connectivity index (χ4v) is 4.41. The lowest BCUT2D eigenvalue weighted by Crippen LogP contribution is -2.30. The van der Waals surface area contributed by atoms with E-state index in [0.29, 0.717) is 11.4 Å². The molecule has 1 aromatic rings. The number of rotatable bonds is 4. The van der Waals surface area contributed by atoms with Crippen molar-refractivity contribution >= 4 is 27.3 Å². The molecule has 0 spiro atoms. The zero-order chi connectivity index (χ0) is 17.3. The van der Waals surface area contributed by atoms with Crippen LogP contribution in [-0.4, -0.2) is 39.7 Å². The van der Waals surface area contributed by atoms with Crippen LogP contribution in [0, 0.1) is 11.7 Å². The number of benzene rings is 1. The van der Waals surface area contributed by atoms with Gasteiger partial charge in [-0.15, -0.1) is 0 Å². The quantitative estimate of drug-likeness (QED) is 0.886. The van der Waals surface area contributed by atoms with Crippen molar-refractivity contribution < 1.29 is 17.6 Å². The molecule has 1 unspecified atom stereocenters. The van der Waals surface area contributed by atoms with Gasteiger partial charge < -0.3 is 9.80 Å². The van der Waals surface area contributed by atoms with Gasteiger partial charge in [0, 0.05) is 37.7 Å². The minimum absolute atomic E-state index is 0.117. The fraction of sp³-hybridized carbons (Fsp3) is 0.562. The molecule has 0 aliphatic carbocycles. The number of sulfonamides is 1. The summed E-state index contributed by atoms with van der Waals surface area (Å²) in [6.07, 6.45) is 3.40. The summed E-state index contributed by atoms with van der Waals surface area (Å²) in [4.78, 5) is 15.6. The number of amides is 1. The molecule has 2 fully saturated rings. The van der Waals surface area contributed by atoms with Crippen LogP contribution in [0.15, 0.2) is 18.2 Å². The first-order valence-electron chi connectivity index (χ1n) is 8.19. The van der Waals surface area contributed by atoms with Crippen molar-refractivity contribution in [2.75, 3.05) is 35.2 Å². The summed E-state index contributed by atoms with van der Waals surface area (Å²) >= 11 is 0. The van der Waals surface area contributed by atoms with Gasteiger partial charge in [-0.3, -0.25) is 4.79 Å². The maximum Gasteiger partial charge on any atom is 0.227 e. The second-order valence-corrected chi connectivity index (χ2v) is 8.25. The van der Waals surface area contributed by atoms with Gasteiger partial charge >= 0.3 is 0 Å². The van der Waals surface area contributed by atoms with E-state index in [2.05, 4.69) is 0 Å². The molecule has 0 radical (unpaired) electrons. The molecule has 2 aliphatic heterocycles. The number of anilines is 2. The molecule has 132 valence electrons. The van der Waals surface area contributed by atoms with E-state index in [-0.39, 0.29) is 36.4 Å². The summed E-state index contributed by atoms with van der Waals surface area (Å²) in [6.45, 7) is 1.93. The molecule has 8 heteroatoms. The zero-order valence-electron chi connectivity index (χ0n) is 13.4. The van der Waals surface area contributed by atoms with E-state index in [1.54, 1.807) is 12.1 Å². The summed E-state index contributed by atoms with van der Waals surface area (Å²) in [5.74, 6) is -1.13. The van der Waals surface area contributed by atoms with E-state index in [1.807, 2.05) is 4.90 Å². The predicted octanol–water partition coefficient (Wildman–Crippen LogP) is 1.46. The lowest BCUT2D eigenvalue weighted by atomic mass is 10.1. The summed E-state index contributed by atoms with van der Waals surface area (Å²) in [6, 6.07) is 4.79. The number of halogens is 1. The van der Waals surface area contributed by atoms with Gasteiger partial charge in [-0.05, 0) is 37.5 Å². The van der Waals surface area contributed by atoms with Crippen LogP contribution in [0.4, 0.5) is 15.8 Å². The van der Waals surface area contributed by atoms with E-state index in [9.17, 15) is 17.6 Å². The lowest BCUT2D eigenvalue weighted by molar-refractivity contribution is -0.117. The first kappa shape index (κ1) is 17.2. The number of nitrogens with two attached hydrogens (primary N) is 1. The van der Waals surface area contributed by atoms with Crippen molar-refractivity contribution in [3.8, 4) is 0 Å². The highest BCUT2D eigenvalue weighted by molar-refractivity contribution is 7.89. The zero-order valence-corrected chi connectivity index (χ0v) is 14.3. The first-order valence-corrected chi connectivity index (χ1v) is 9.90. The van der Waals surface area contributed by atoms with Crippen molar-refractivity contribution in [1.82, 2.24) is 0 Å². The average Bonchev–Trinajstić information content (AvgIpc) is 2.86. The molecule has 1 amide bonds.